The number of nitro groups is 1. The zero-order chi connectivity index (χ0) is 20.6. The number of hydrogen-bond acceptors (Lipinski definition) is 6. The topological polar surface area (TPSA) is 94.4 Å². The lowest BCUT2D eigenvalue weighted by Crippen LogP contribution is -2.12. The molecule has 0 atom stereocenters. The third-order valence-corrected chi connectivity index (χ3v) is 5.03. The molecule has 2 aromatic carbocycles. The number of nitro benzene ring substituents is 1. The van der Waals surface area contributed by atoms with Crippen molar-refractivity contribution < 1.29 is 14.5 Å². The monoisotopic (exact) mass is 411 g/mol. The van der Waals surface area contributed by atoms with E-state index in [9.17, 15) is 14.9 Å². The van der Waals surface area contributed by atoms with Gasteiger partial charge < -0.3 is 10.1 Å². The maximum Gasteiger partial charge on any atom is 0.310 e. The van der Waals surface area contributed by atoms with Crippen LogP contribution < -0.4 is 10.1 Å². The molecule has 0 radical (unpaired) electrons. The summed E-state index contributed by atoms with van der Waals surface area (Å²) in [5, 5.41) is 16.2. The SMILES string of the molecule is CCc1ccc(-c2csc(NC(=O)CCCOc3ccccc3[N+](=O)[O-])n2)cc1. The van der Waals surface area contributed by atoms with Crippen LogP contribution in [-0.2, 0) is 11.2 Å². The van der Waals surface area contributed by atoms with Crippen LogP contribution in [0.3, 0.4) is 0 Å². The number of anilines is 1. The van der Waals surface area contributed by atoms with E-state index < -0.39 is 4.92 Å². The van der Waals surface area contributed by atoms with Crippen LogP contribution in [0.15, 0.2) is 53.9 Å². The van der Waals surface area contributed by atoms with Crippen molar-refractivity contribution in [3.63, 3.8) is 0 Å². The van der Waals surface area contributed by atoms with E-state index in [0.29, 0.717) is 11.6 Å². The lowest BCUT2D eigenvalue weighted by atomic mass is 10.1. The Morgan fingerprint density at radius 2 is 1.97 bits per heavy atom. The highest BCUT2D eigenvalue weighted by Crippen LogP contribution is 2.27. The number of aryl methyl sites for hydroxylation is 1. The summed E-state index contributed by atoms with van der Waals surface area (Å²) in [6.07, 6.45) is 1.66. The molecule has 0 spiro atoms. The number of hydrogen-bond donors (Lipinski definition) is 1. The van der Waals surface area contributed by atoms with Crippen molar-refractivity contribution in [3.8, 4) is 17.0 Å². The summed E-state index contributed by atoms with van der Waals surface area (Å²) in [6.45, 7) is 2.32. The molecular formula is C21H21N3O4S. The number of amides is 1. The molecular weight excluding hydrogens is 390 g/mol. The second-order valence-corrected chi connectivity index (χ2v) is 7.17. The average Bonchev–Trinajstić information content (AvgIpc) is 3.20. The predicted octanol–water partition coefficient (Wildman–Crippen LogP) is 5.08. The van der Waals surface area contributed by atoms with Crippen molar-refractivity contribution >= 4 is 28.1 Å². The van der Waals surface area contributed by atoms with Gasteiger partial charge in [-0.2, -0.15) is 0 Å². The minimum absolute atomic E-state index is 0.0840. The van der Waals surface area contributed by atoms with Crippen LogP contribution in [0.2, 0.25) is 0 Å². The molecule has 0 aliphatic carbocycles. The molecule has 0 saturated carbocycles. The quantitative estimate of drug-likeness (QED) is 0.301. The molecule has 1 heterocycles. The van der Waals surface area contributed by atoms with Gasteiger partial charge in [0.25, 0.3) is 0 Å². The number of aromatic nitrogens is 1. The van der Waals surface area contributed by atoms with Crippen LogP contribution in [0.25, 0.3) is 11.3 Å². The third-order valence-electron chi connectivity index (χ3n) is 4.28. The van der Waals surface area contributed by atoms with Crippen LogP contribution in [-0.4, -0.2) is 22.4 Å². The van der Waals surface area contributed by atoms with E-state index in [1.54, 1.807) is 18.2 Å². The van der Waals surface area contributed by atoms with Crippen LogP contribution >= 0.6 is 11.3 Å². The Balaban J connectivity index is 1.46. The van der Waals surface area contributed by atoms with E-state index in [2.05, 4.69) is 29.4 Å². The Bertz CT molecular complexity index is 986. The molecule has 0 fully saturated rings. The zero-order valence-corrected chi connectivity index (χ0v) is 16.8. The molecule has 0 saturated heterocycles. The Kier molecular flexibility index (Phi) is 6.91. The molecule has 3 rings (SSSR count). The van der Waals surface area contributed by atoms with Gasteiger partial charge in [-0.1, -0.05) is 43.3 Å². The number of rotatable bonds is 9. The van der Waals surface area contributed by atoms with E-state index in [-0.39, 0.29) is 30.4 Å². The number of benzene rings is 2. The van der Waals surface area contributed by atoms with Gasteiger partial charge in [-0.05, 0) is 24.5 Å². The normalized spacial score (nSPS) is 10.5. The van der Waals surface area contributed by atoms with Crippen LogP contribution in [0.5, 0.6) is 5.75 Å². The largest absolute Gasteiger partial charge is 0.487 e. The van der Waals surface area contributed by atoms with Crippen molar-refractivity contribution in [1.29, 1.82) is 0 Å². The van der Waals surface area contributed by atoms with Crippen LogP contribution in [0.4, 0.5) is 10.8 Å². The standard InChI is InChI=1S/C21H21N3O4S/c1-2-15-9-11-16(12-10-15)17-14-29-21(22-17)23-20(25)8-5-13-28-19-7-4-3-6-18(19)24(26)27/h3-4,6-7,9-12,14H,2,5,8,13H2,1H3,(H,22,23,25). The summed E-state index contributed by atoms with van der Waals surface area (Å²) in [7, 11) is 0. The third kappa shape index (κ3) is 5.61. The molecule has 1 N–H and O–H groups in total. The molecule has 0 aliphatic rings. The maximum absolute atomic E-state index is 12.1. The fraction of sp³-hybridized carbons (Fsp3) is 0.238. The minimum Gasteiger partial charge on any atom is -0.487 e. The number of thiazole rings is 1. The number of ether oxygens (including phenoxy) is 1. The van der Waals surface area contributed by atoms with Gasteiger partial charge in [0.1, 0.15) is 0 Å². The van der Waals surface area contributed by atoms with E-state index >= 15 is 0 Å². The summed E-state index contributed by atoms with van der Waals surface area (Å²) in [4.78, 5) is 27.1. The first-order valence-corrected chi connectivity index (χ1v) is 10.2. The van der Waals surface area contributed by atoms with E-state index in [0.717, 1.165) is 17.7 Å². The first-order chi connectivity index (χ1) is 14.1. The highest BCUT2D eigenvalue weighted by molar-refractivity contribution is 7.14. The number of carbonyl (C=O) groups excluding carboxylic acids is 1. The van der Waals surface area contributed by atoms with Crippen LogP contribution in [0, 0.1) is 10.1 Å². The predicted molar refractivity (Wildman–Crippen MR) is 113 cm³/mol. The second kappa shape index (κ2) is 9.79. The molecule has 0 unspecified atom stereocenters. The molecule has 3 aromatic rings. The highest BCUT2D eigenvalue weighted by Gasteiger charge is 2.14. The van der Waals surface area contributed by atoms with E-state index in [4.69, 9.17) is 4.74 Å². The van der Waals surface area contributed by atoms with Crippen molar-refractivity contribution in [3.05, 3.63) is 69.6 Å². The summed E-state index contributed by atoms with van der Waals surface area (Å²) in [5.74, 6) is 0.0370. The van der Waals surface area contributed by atoms with Gasteiger partial charge in [-0.3, -0.25) is 14.9 Å². The lowest BCUT2D eigenvalue weighted by Gasteiger charge is -2.06. The van der Waals surface area contributed by atoms with Crippen molar-refractivity contribution in [1.82, 2.24) is 4.98 Å². The Labute approximate surface area is 172 Å². The first-order valence-electron chi connectivity index (χ1n) is 9.27. The molecule has 150 valence electrons. The molecule has 1 aromatic heterocycles. The van der Waals surface area contributed by atoms with Crippen molar-refractivity contribution in [2.24, 2.45) is 0 Å². The Hall–Kier alpha value is -3.26. The van der Waals surface area contributed by atoms with Crippen molar-refractivity contribution in [2.75, 3.05) is 11.9 Å². The molecule has 29 heavy (non-hydrogen) atoms. The van der Waals surface area contributed by atoms with Gasteiger partial charge in [0.2, 0.25) is 5.91 Å². The number of para-hydroxylation sites is 2. The number of nitrogens with one attached hydrogen (secondary N) is 1. The van der Waals surface area contributed by atoms with Gasteiger partial charge >= 0.3 is 5.69 Å². The van der Waals surface area contributed by atoms with Gasteiger partial charge in [-0.15, -0.1) is 11.3 Å². The fourth-order valence-corrected chi connectivity index (χ4v) is 3.44. The van der Waals surface area contributed by atoms with Gasteiger partial charge in [0.05, 0.1) is 17.2 Å². The van der Waals surface area contributed by atoms with Crippen molar-refractivity contribution in [2.45, 2.75) is 26.2 Å². The highest BCUT2D eigenvalue weighted by atomic mass is 32.1. The minimum atomic E-state index is -0.488. The molecule has 8 heteroatoms. The Morgan fingerprint density at radius 1 is 1.21 bits per heavy atom. The van der Waals surface area contributed by atoms with E-state index in [1.165, 1.54) is 23.0 Å². The smallest absolute Gasteiger partial charge is 0.310 e. The Morgan fingerprint density at radius 3 is 2.69 bits per heavy atom. The second-order valence-electron chi connectivity index (χ2n) is 6.31. The summed E-state index contributed by atoms with van der Waals surface area (Å²) < 4.78 is 5.45. The fourth-order valence-electron chi connectivity index (χ4n) is 2.70. The zero-order valence-electron chi connectivity index (χ0n) is 16.0. The number of carbonyl (C=O) groups is 1. The molecule has 7 nitrogen and oxygen atoms in total. The number of nitrogens with zero attached hydrogens (tertiary/aromatic N) is 2. The molecule has 0 aliphatic heterocycles. The van der Waals surface area contributed by atoms with Crippen LogP contribution in [0.1, 0.15) is 25.3 Å². The molecule has 0 bridgehead atoms. The lowest BCUT2D eigenvalue weighted by molar-refractivity contribution is -0.385. The van der Waals surface area contributed by atoms with Gasteiger partial charge in [-0.25, -0.2) is 4.98 Å². The maximum atomic E-state index is 12.1. The van der Waals surface area contributed by atoms with Gasteiger partial charge in [0, 0.05) is 23.4 Å². The first kappa shape index (κ1) is 20.5. The summed E-state index contributed by atoms with van der Waals surface area (Å²) >= 11 is 1.37. The molecule has 1 amide bonds. The average molecular weight is 411 g/mol. The summed E-state index contributed by atoms with van der Waals surface area (Å²) in [6, 6.07) is 14.4. The van der Waals surface area contributed by atoms with Gasteiger partial charge in [0.15, 0.2) is 10.9 Å². The summed E-state index contributed by atoms with van der Waals surface area (Å²) in [5.41, 5.74) is 3.02. The van der Waals surface area contributed by atoms with E-state index in [1.807, 2.05) is 17.5 Å².